The minimum Gasteiger partial charge on any atom is -0.336 e. The number of nitrogens with one attached hydrogen (secondary N) is 2. The summed E-state index contributed by atoms with van der Waals surface area (Å²) >= 11 is 0. The second-order valence-electron chi connectivity index (χ2n) is 4.61. The van der Waals surface area contributed by atoms with E-state index in [1.165, 1.54) is 19.4 Å². The van der Waals surface area contributed by atoms with E-state index < -0.39 is 0 Å². The van der Waals surface area contributed by atoms with Gasteiger partial charge in [-0.3, -0.25) is 4.90 Å². The van der Waals surface area contributed by atoms with Crippen LogP contribution in [0.5, 0.6) is 0 Å². The summed E-state index contributed by atoms with van der Waals surface area (Å²) in [5.41, 5.74) is 0. The van der Waals surface area contributed by atoms with Gasteiger partial charge in [0.1, 0.15) is 0 Å². The van der Waals surface area contributed by atoms with Gasteiger partial charge in [0.2, 0.25) is 0 Å². The summed E-state index contributed by atoms with van der Waals surface area (Å²) in [6.07, 6.45) is 2.57. The van der Waals surface area contributed by atoms with Crippen molar-refractivity contribution in [2.45, 2.75) is 18.9 Å². The highest BCUT2D eigenvalue weighted by Gasteiger charge is 2.25. The molecule has 0 aromatic heterocycles. The second kappa shape index (κ2) is 5.50. The van der Waals surface area contributed by atoms with Crippen LogP contribution in [0.1, 0.15) is 12.8 Å². The summed E-state index contributed by atoms with van der Waals surface area (Å²) in [4.78, 5) is 15.8. The summed E-state index contributed by atoms with van der Waals surface area (Å²) in [6.45, 7) is 5.79. The van der Waals surface area contributed by atoms with Gasteiger partial charge >= 0.3 is 6.03 Å². The Morgan fingerprint density at radius 2 is 2.31 bits per heavy atom. The average Bonchev–Trinajstić information content (AvgIpc) is 2.86. The number of carbonyl (C=O) groups excluding carboxylic acids is 1. The molecular formula is C11H22N4O. The predicted molar refractivity (Wildman–Crippen MR) is 63.5 cm³/mol. The van der Waals surface area contributed by atoms with E-state index in [0.717, 1.165) is 32.7 Å². The van der Waals surface area contributed by atoms with Crippen molar-refractivity contribution >= 4 is 6.03 Å². The molecule has 0 aromatic rings. The van der Waals surface area contributed by atoms with E-state index >= 15 is 0 Å². The van der Waals surface area contributed by atoms with Crippen molar-refractivity contribution in [2.75, 3.05) is 46.3 Å². The molecule has 0 radical (unpaired) electrons. The van der Waals surface area contributed by atoms with Crippen LogP contribution in [0.4, 0.5) is 4.79 Å². The topological polar surface area (TPSA) is 47.6 Å². The monoisotopic (exact) mass is 226 g/mol. The standard InChI is InChI=1S/C11H22N4O/c1-12-9-10-3-2-5-14(10)7-8-15-6-4-13-11(15)16/h10,12H,2-9H2,1H3,(H,13,16). The first-order valence-corrected chi connectivity index (χ1v) is 6.22. The van der Waals surface area contributed by atoms with Gasteiger partial charge in [0, 0.05) is 38.8 Å². The van der Waals surface area contributed by atoms with Gasteiger partial charge in [0.15, 0.2) is 0 Å². The number of amides is 2. The molecule has 2 N–H and O–H groups in total. The molecule has 92 valence electrons. The van der Waals surface area contributed by atoms with Crippen molar-refractivity contribution in [2.24, 2.45) is 0 Å². The number of likely N-dealkylation sites (tertiary alicyclic amines) is 1. The average molecular weight is 226 g/mol. The molecule has 2 aliphatic heterocycles. The van der Waals surface area contributed by atoms with E-state index in [0.29, 0.717) is 6.04 Å². The minimum atomic E-state index is 0.101. The van der Waals surface area contributed by atoms with Crippen LogP contribution in [0, 0.1) is 0 Å². The predicted octanol–water partition coefficient (Wildman–Crippen LogP) is -0.305. The van der Waals surface area contributed by atoms with Crippen molar-refractivity contribution < 1.29 is 4.79 Å². The zero-order valence-corrected chi connectivity index (χ0v) is 10.0. The molecule has 1 atom stereocenters. The number of hydrogen-bond donors (Lipinski definition) is 2. The Bertz CT molecular complexity index is 246. The molecule has 16 heavy (non-hydrogen) atoms. The van der Waals surface area contributed by atoms with Crippen LogP contribution in [0.25, 0.3) is 0 Å². The lowest BCUT2D eigenvalue weighted by atomic mass is 10.2. The molecule has 2 saturated heterocycles. The Morgan fingerprint density at radius 3 is 3.00 bits per heavy atom. The molecule has 2 aliphatic rings. The first-order valence-electron chi connectivity index (χ1n) is 6.22. The highest BCUT2D eigenvalue weighted by molar-refractivity contribution is 5.76. The lowest BCUT2D eigenvalue weighted by Crippen LogP contribution is -2.42. The highest BCUT2D eigenvalue weighted by atomic mass is 16.2. The van der Waals surface area contributed by atoms with Crippen LogP contribution in [0.15, 0.2) is 0 Å². The molecule has 5 heteroatoms. The fraction of sp³-hybridized carbons (Fsp3) is 0.909. The summed E-state index contributed by atoms with van der Waals surface area (Å²) < 4.78 is 0. The molecule has 2 rings (SSSR count). The van der Waals surface area contributed by atoms with Crippen LogP contribution >= 0.6 is 0 Å². The smallest absolute Gasteiger partial charge is 0.317 e. The van der Waals surface area contributed by atoms with E-state index in [2.05, 4.69) is 15.5 Å². The number of rotatable bonds is 5. The van der Waals surface area contributed by atoms with Gasteiger partial charge in [-0.1, -0.05) is 0 Å². The maximum absolute atomic E-state index is 11.4. The summed E-state index contributed by atoms with van der Waals surface area (Å²) in [7, 11) is 2.00. The van der Waals surface area contributed by atoms with Crippen LogP contribution in [0.3, 0.4) is 0 Å². The number of carbonyl (C=O) groups is 1. The Balaban J connectivity index is 1.74. The molecule has 2 fully saturated rings. The molecule has 0 aromatic carbocycles. The van der Waals surface area contributed by atoms with Gasteiger partial charge in [-0.25, -0.2) is 4.79 Å². The second-order valence-corrected chi connectivity index (χ2v) is 4.61. The van der Waals surface area contributed by atoms with Crippen molar-refractivity contribution in [1.29, 1.82) is 0 Å². The molecular weight excluding hydrogens is 204 g/mol. The Kier molecular flexibility index (Phi) is 4.01. The number of nitrogens with zero attached hydrogens (tertiary/aromatic N) is 2. The van der Waals surface area contributed by atoms with E-state index in [9.17, 15) is 4.79 Å². The molecule has 2 amide bonds. The van der Waals surface area contributed by atoms with Crippen molar-refractivity contribution in [1.82, 2.24) is 20.4 Å². The van der Waals surface area contributed by atoms with Crippen LogP contribution in [0.2, 0.25) is 0 Å². The summed E-state index contributed by atoms with van der Waals surface area (Å²) in [6, 6.07) is 0.764. The fourth-order valence-corrected chi connectivity index (χ4v) is 2.63. The van der Waals surface area contributed by atoms with Gasteiger partial charge in [-0.2, -0.15) is 0 Å². The third kappa shape index (κ3) is 2.65. The SMILES string of the molecule is CNCC1CCCN1CCN1CCNC1=O. The Labute approximate surface area is 97.2 Å². The summed E-state index contributed by atoms with van der Waals surface area (Å²) in [5.74, 6) is 0. The molecule has 0 saturated carbocycles. The first-order chi connectivity index (χ1) is 7.81. The van der Waals surface area contributed by atoms with Crippen LogP contribution in [-0.4, -0.2) is 68.2 Å². The molecule has 5 nitrogen and oxygen atoms in total. The quantitative estimate of drug-likeness (QED) is 0.676. The van der Waals surface area contributed by atoms with Gasteiger partial charge in [-0.15, -0.1) is 0 Å². The summed E-state index contributed by atoms with van der Waals surface area (Å²) in [5, 5.41) is 6.08. The van der Waals surface area contributed by atoms with E-state index in [1.807, 2.05) is 11.9 Å². The molecule has 1 unspecified atom stereocenters. The minimum absolute atomic E-state index is 0.101. The fourth-order valence-electron chi connectivity index (χ4n) is 2.63. The molecule has 0 bridgehead atoms. The Hall–Kier alpha value is -0.810. The third-order valence-electron chi connectivity index (χ3n) is 3.54. The highest BCUT2D eigenvalue weighted by Crippen LogP contribution is 2.16. The van der Waals surface area contributed by atoms with Crippen molar-refractivity contribution in [3.63, 3.8) is 0 Å². The molecule has 0 aliphatic carbocycles. The van der Waals surface area contributed by atoms with Crippen LogP contribution in [-0.2, 0) is 0 Å². The number of hydrogen-bond acceptors (Lipinski definition) is 3. The largest absolute Gasteiger partial charge is 0.336 e. The lowest BCUT2D eigenvalue weighted by molar-refractivity contribution is 0.195. The maximum atomic E-state index is 11.4. The third-order valence-corrected chi connectivity index (χ3v) is 3.54. The number of likely N-dealkylation sites (N-methyl/N-ethyl adjacent to an activating group) is 1. The van der Waals surface area contributed by atoms with E-state index in [4.69, 9.17) is 0 Å². The van der Waals surface area contributed by atoms with E-state index in [1.54, 1.807) is 0 Å². The van der Waals surface area contributed by atoms with Gasteiger partial charge in [0.05, 0.1) is 0 Å². The van der Waals surface area contributed by atoms with Crippen molar-refractivity contribution in [3.8, 4) is 0 Å². The molecule has 2 heterocycles. The van der Waals surface area contributed by atoms with Gasteiger partial charge < -0.3 is 15.5 Å². The van der Waals surface area contributed by atoms with Crippen molar-refractivity contribution in [3.05, 3.63) is 0 Å². The lowest BCUT2D eigenvalue weighted by Gasteiger charge is -2.26. The first kappa shape index (κ1) is 11.7. The van der Waals surface area contributed by atoms with Gasteiger partial charge in [-0.05, 0) is 26.4 Å². The number of urea groups is 1. The van der Waals surface area contributed by atoms with E-state index in [-0.39, 0.29) is 6.03 Å². The zero-order chi connectivity index (χ0) is 11.4. The van der Waals surface area contributed by atoms with Gasteiger partial charge in [0.25, 0.3) is 0 Å². The zero-order valence-electron chi connectivity index (χ0n) is 10.0. The van der Waals surface area contributed by atoms with Crippen LogP contribution < -0.4 is 10.6 Å². The molecule has 0 spiro atoms. The normalized spacial score (nSPS) is 26.4. The Morgan fingerprint density at radius 1 is 1.44 bits per heavy atom. The maximum Gasteiger partial charge on any atom is 0.317 e.